The number of halogens is 2. The SMILES string of the molecule is O=C(C1CC1)N1C2CCC1CN(c1ncnc3c1cc(-c1cnn(C(F)F)c1)n3S(=O)(=O)Cc1ccccc1)C2. The number of anilines is 1. The first-order chi connectivity index (χ1) is 19.3. The molecule has 3 aromatic heterocycles. The predicted octanol–water partition coefficient (Wildman–Crippen LogP) is 3.66. The van der Waals surface area contributed by atoms with E-state index in [2.05, 4.69) is 24.9 Å². The Morgan fingerprint density at radius 1 is 1.02 bits per heavy atom. The van der Waals surface area contributed by atoms with E-state index in [-0.39, 0.29) is 46.6 Å². The number of carbonyl (C=O) groups is 1. The standard InChI is InChI=1S/C27H27F2N7O3S/c28-27(29)34-12-19(11-32-34)23-10-22-24(33-13-20-8-9-21(14-33)35(20)26(37)18-6-7-18)30-16-31-25(22)36(23)40(38,39)15-17-4-2-1-3-5-17/h1-5,10-12,16,18,20-21,27H,6-9,13-15H2. The molecule has 2 unspecified atom stereocenters. The van der Waals surface area contributed by atoms with Gasteiger partial charge in [-0.2, -0.15) is 13.9 Å². The molecule has 13 heteroatoms. The van der Waals surface area contributed by atoms with Gasteiger partial charge in [0.25, 0.3) is 0 Å². The number of carbonyl (C=O) groups excluding carboxylic acids is 1. The van der Waals surface area contributed by atoms with Gasteiger partial charge in [0.1, 0.15) is 12.1 Å². The lowest BCUT2D eigenvalue weighted by molar-refractivity contribution is -0.135. The van der Waals surface area contributed by atoms with Gasteiger partial charge in [-0.15, -0.1) is 0 Å². The number of hydrogen-bond acceptors (Lipinski definition) is 7. The maximum atomic E-state index is 13.9. The van der Waals surface area contributed by atoms with Gasteiger partial charge in [-0.25, -0.2) is 27.0 Å². The molecule has 1 aromatic carbocycles. The van der Waals surface area contributed by atoms with Gasteiger partial charge < -0.3 is 9.80 Å². The Kier molecular flexibility index (Phi) is 5.88. The first-order valence-corrected chi connectivity index (χ1v) is 14.9. The Balaban J connectivity index is 1.32. The molecule has 40 heavy (non-hydrogen) atoms. The molecule has 10 nitrogen and oxygen atoms in total. The van der Waals surface area contributed by atoms with Crippen LogP contribution >= 0.6 is 0 Å². The summed E-state index contributed by atoms with van der Waals surface area (Å²) in [6.45, 7) is -1.70. The molecular weight excluding hydrogens is 540 g/mol. The van der Waals surface area contributed by atoms with Crippen molar-refractivity contribution >= 4 is 32.8 Å². The normalized spacial score (nSPS) is 21.1. The molecule has 0 N–H and O–H groups in total. The molecule has 7 rings (SSSR count). The summed E-state index contributed by atoms with van der Waals surface area (Å²) in [5.74, 6) is 0.660. The van der Waals surface area contributed by atoms with Crippen LogP contribution < -0.4 is 4.90 Å². The molecule has 3 fully saturated rings. The predicted molar refractivity (Wildman–Crippen MR) is 143 cm³/mol. The van der Waals surface area contributed by atoms with Gasteiger partial charge in [0.2, 0.25) is 15.9 Å². The maximum Gasteiger partial charge on any atom is 0.333 e. The van der Waals surface area contributed by atoms with Gasteiger partial charge in [-0.3, -0.25) is 4.79 Å². The van der Waals surface area contributed by atoms with E-state index in [4.69, 9.17) is 0 Å². The summed E-state index contributed by atoms with van der Waals surface area (Å²) in [4.78, 5) is 26.0. The second-order valence-corrected chi connectivity index (χ2v) is 12.6. The Labute approximate surface area is 229 Å². The van der Waals surface area contributed by atoms with Gasteiger partial charge in [-0.1, -0.05) is 30.3 Å². The summed E-state index contributed by atoms with van der Waals surface area (Å²) in [6.07, 6.45) is 7.44. The fourth-order valence-electron chi connectivity index (χ4n) is 6.12. The molecule has 0 radical (unpaired) electrons. The number of rotatable bonds is 7. The van der Waals surface area contributed by atoms with Crippen LogP contribution in [-0.2, 0) is 20.6 Å². The Morgan fingerprint density at radius 3 is 2.40 bits per heavy atom. The summed E-state index contributed by atoms with van der Waals surface area (Å²) in [7, 11) is -4.04. The monoisotopic (exact) mass is 567 g/mol. The van der Waals surface area contributed by atoms with E-state index in [9.17, 15) is 22.0 Å². The lowest BCUT2D eigenvalue weighted by Crippen LogP contribution is -2.56. The van der Waals surface area contributed by atoms with Crippen LogP contribution in [0.1, 0.15) is 37.8 Å². The highest BCUT2D eigenvalue weighted by molar-refractivity contribution is 7.89. The van der Waals surface area contributed by atoms with Crippen molar-refractivity contribution in [3.63, 3.8) is 0 Å². The van der Waals surface area contributed by atoms with Crippen LogP contribution in [0.3, 0.4) is 0 Å². The molecule has 1 amide bonds. The highest BCUT2D eigenvalue weighted by atomic mass is 32.2. The molecule has 0 spiro atoms. The minimum Gasteiger partial charge on any atom is -0.352 e. The Morgan fingerprint density at radius 2 is 1.75 bits per heavy atom. The lowest BCUT2D eigenvalue weighted by atomic mass is 10.1. The third kappa shape index (κ3) is 4.23. The average molecular weight is 568 g/mol. The van der Waals surface area contributed by atoms with Crippen molar-refractivity contribution in [1.82, 2.24) is 28.6 Å². The number of fused-ring (bicyclic) bond motifs is 3. The minimum atomic E-state index is -4.04. The van der Waals surface area contributed by atoms with Gasteiger partial charge in [0.05, 0.1) is 23.0 Å². The minimum absolute atomic E-state index is 0.0736. The third-order valence-electron chi connectivity index (χ3n) is 8.06. The van der Waals surface area contributed by atoms with Gasteiger partial charge >= 0.3 is 6.55 Å². The van der Waals surface area contributed by atoms with E-state index in [1.165, 1.54) is 12.5 Å². The first kappa shape index (κ1) is 25.1. The van der Waals surface area contributed by atoms with Crippen LogP contribution in [-0.4, -0.2) is 68.1 Å². The lowest BCUT2D eigenvalue weighted by Gasteiger charge is -2.41. The van der Waals surface area contributed by atoms with E-state index in [0.29, 0.717) is 34.5 Å². The first-order valence-electron chi connectivity index (χ1n) is 13.3. The topological polar surface area (TPSA) is 106 Å². The zero-order valence-electron chi connectivity index (χ0n) is 21.5. The molecular formula is C27H27F2N7O3S. The molecule has 2 aliphatic heterocycles. The Bertz CT molecular complexity index is 1690. The number of aromatic nitrogens is 5. The average Bonchev–Trinajstić information content (AvgIpc) is 3.41. The number of piperazine rings is 1. The fraction of sp³-hybridized carbons (Fsp3) is 0.407. The maximum absolute atomic E-state index is 13.9. The summed E-state index contributed by atoms with van der Waals surface area (Å²) < 4.78 is 56.1. The van der Waals surface area contributed by atoms with E-state index in [0.717, 1.165) is 35.9 Å². The highest BCUT2D eigenvalue weighted by Gasteiger charge is 2.47. The number of amides is 1. The van der Waals surface area contributed by atoms with E-state index in [1.54, 1.807) is 36.4 Å². The zero-order valence-corrected chi connectivity index (χ0v) is 22.3. The van der Waals surface area contributed by atoms with Crippen LogP contribution in [0.25, 0.3) is 22.3 Å². The molecule has 2 bridgehead atoms. The number of nitrogens with zero attached hydrogens (tertiary/aromatic N) is 7. The highest BCUT2D eigenvalue weighted by Crippen LogP contribution is 2.40. The second-order valence-electron chi connectivity index (χ2n) is 10.8. The summed E-state index contributed by atoms with van der Waals surface area (Å²) in [5, 5.41) is 4.23. The van der Waals surface area contributed by atoms with Gasteiger partial charge in [-0.05, 0) is 37.3 Å². The number of alkyl halides is 2. The molecule has 208 valence electrons. The smallest absolute Gasteiger partial charge is 0.333 e. The van der Waals surface area contributed by atoms with Crippen molar-refractivity contribution in [1.29, 1.82) is 0 Å². The van der Waals surface area contributed by atoms with E-state index < -0.39 is 16.6 Å². The van der Waals surface area contributed by atoms with E-state index in [1.807, 2.05) is 0 Å². The Hall–Kier alpha value is -3.87. The molecule has 4 aromatic rings. The fourth-order valence-corrected chi connectivity index (χ4v) is 7.72. The summed E-state index contributed by atoms with van der Waals surface area (Å²) >= 11 is 0. The number of benzene rings is 1. The van der Waals surface area contributed by atoms with Crippen LogP contribution in [0.15, 0.2) is 55.1 Å². The molecule has 3 aliphatic rings. The molecule has 2 saturated heterocycles. The van der Waals surface area contributed by atoms with Crippen molar-refractivity contribution in [2.75, 3.05) is 18.0 Å². The second kappa shape index (κ2) is 9.36. The quantitative estimate of drug-likeness (QED) is 0.336. The molecule has 1 aliphatic carbocycles. The molecule has 2 atom stereocenters. The van der Waals surface area contributed by atoms with Crippen molar-refractivity contribution in [3.05, 3.63) is 60.7 Å². The molecule has 5 heterocycles. The van der Waals surface area contributed by atoms with Crippen LogP contribution in [0, 0.1) is 5.92 Å². The summed E-state index contributed by atoms with van der Waals surface area (Å²) in [6, 6.07) is 10.5. The van der Waals surface area contributed by atoms with Crippen molar-refractivity contribution in [3.8, 4) is 11.3 Å². The van der Waals surface area contributed by atoms with Crippen molar-refractivity contribution in [2.24, 2.45) is 5.92 Å². The van der Waals surface area contributed by atoms with Gasteiger partial charge in [0, 0.05) is 42.9 Å². The van der Waals surface area contributed by atoms with Crippen LogP contribution in [0.5, 0.6) is 0 Å². The van der Waals surface area contributed by atoms with Crippen LogP contribution in [0.4, 0.5) is 14.6 Å². The van der Waals surface area contributed by atoms with Crippen LogP contribution in [0.2, 0.25) is 0 Å². The van der Waals surface area contributed by atoms with Crippen molar-refractivity contribution in [2.45, 2.75) is 50.1 Å². The third-order valence-corrected chi connectivity index (χ3v) is 9.69. The number of hydrogen-bond donors (Lipinski definition) is 0. The van der Waals surface area contributed by atoms with E-state index >= 15 is 0 Å². The van der Waals surface area contributed by atoms with Gasteiger partial charge in [0.15, 0.2) is 5.65 Å². The van der Waals surface area contributed by atoms with Crippen molar-refractivity contribution < 1.29 is 22.0 Å². The molecule has 1 saturated carbocycles. The zero-order chi connectivity index (χ0) is 27.6. The largest absolute Gasteiger partial charge is 0.352 e. The summed E-state index contributed by atoms with van der Waals surface area (Å²) in [5.41, 5.74) is 1.16.